The maximum absolute atomic E-state index is 6.22. The fourth-order valence-electron chi connectivity index (χ4n) is 1.96. The number of thioether (sulfide) groups is 2. The van der Waals surface area contributed by atoms with Crippen molar-refractivity contribution < 1.29 is 0 Å². The predicted molar refractivity (Wildman–Crippen MR) is 77.6 cm³/mol. The van der Waals surface area contributed by atoms with Gasteiger partial charge in [-0.3, -0.25) is 0 Å². The van der Waals surface area contributed by atoms with E-state index in [4.69, 9.17) is 5.73 Å². The van der Waals surface area contributed by atoms with Crippen LogP contribution in [-0.4, -0.2) is 32.1 Å². The Balaban J connectivity index is 2.02. The lowest BCUT2D eigenvalue weighted by molar-refractivity contribution is 0.477. The van der Waals surface area contributed by atoms with Crippen molar-refractivity contribution in [3.05, 3.63) is 18.2 Å². The summed E-state index contributed by atoms with van der Waals surface area (Å²) in [7, 11) is 0. The summed E-state index contributed by atoms with van der Waals surface area (Å²) in [6, 6.07) is 0.0961. The number of rotatable bonds is 4. The summed E-state index contributed by atoms with van der Waals surface area (Å²) >= 11 is 4.14. The van der Waals surface area contributed by atoms with Gasteiger partial charge in [0.2, 0.25) is 0 Å². The third-order valence-electron chi connectivity index (χ3n) is 3.09. The third-order valence-corrected chi connectivity index (χ3v) is 5.92. The Hall–Kier alpha value is -0.130. The summed E-state index contributed by atoms with van der Waals surface area (Å²) in [5.41, 5.74) is 7.39. The maximum Gasteiger partial charge on any atom is 0.0949 e. The lowest BCUT2D eigenvalue weighted by Gasteiger charge is -2.24. The highest BCUT2D eigenvalue weighted by Gasteiger charge is 2.19. The number of nitrogens with two attached hydrogens (primary N) is 1. The van der Waals surface area contributed by atoms with Gasteiger partial charge in [0, 0.05) is 41.3 Å². The Morgan fingerprint density at radius 2 is 2.35 bits per heavy atom. The second-order valence-electron chi connectivity index (χ2n) is 4.81. The molecule has 96 valence electrons. The molecule has 1 aromatic heterocycles. The lowest BCUT2D eigenvalue weighted by Crippen LogP contribution is -2.25. The second-order valence-corrected chi connectivity index (χ2v) is 7.37. The zero-order valence-electron chi connectivity index (χ0n) is 10.5. The molecule has 2 atom stereocenters. The van der Waals surface area contributed by atoms with Gasteiger partial charge in [-0.15, -0.1) is 0 Å². The summed E-state index contributed by atoms with van der Waals surface area (Å²) in [6.07, 6.45) is 3.85. The van der Waals surface area contributed by atoms with E-state index < -0.39 is 0 Å². The van der Waals surface area contributed by atoms with Crippen LogP contribution in [0.4, 0.5) is 0 Å². The quantitative estimate of drug-likeness (QED) is 0.913. The maximum atomic E-state index is 6.22. The molecule has 5 heteroatoms. The van der Waals surface area contributed by atoms with Gasteiger partial charge in [-0.1, -0.05) is 13.8 Å². The molecule has 1 aliphatic heterocycles. The van der Waals surface area contributed by atoms with Crippen LogP contribution in [0.2, 0.25) is 0 Å². The normalized spacial score (nSPS) is 22.9. The van der Waals surface area contributed by atoms with Crippen molar-refractivity contribution in [2.45, 2.75) is 31.7 Å². The van der Waals surface area contributed by atoms with Gasteiger partial charge in [0.1, 0.15) is 0 Å². The van der Waals surface area contributed by atoms with Crippen molar-refractivity contribution >= 4 is 23.5 Å². The molecule has 0 bridgehead atoms. The number of aromatic nitrogens is 2. The van der Waals surface area contributed by atoms with Gasteiger partial charge >= 0.3 is 0 Å². The average Bonchev–Trinajstić information content (AvgIpc) is 2.77. The zero-order valence-corrected chi connectivity index (χ0v) is 12.1. The monoisotopic (exact) mass is 271 g/mol. The van der Waals surface area contributed by atoms with Crippen molar-refractivity contribution in [2.24, 2.45) is 11.7 Å². The molecule has 1 aliphatic rings. The highest BCUT2D eigenvalue weighted by atomic mass is 32.2. The fourth-order valence-corrected chi connectivity index (χ4v) is 4.63. The molecule has 0 radical (unpaired) electrons. The molecule has 2 N–H and O–H groups in total. The SMILES string of the molecule is CC(C)C(N)c1cncn1CC1CSCCS1. The van der Waals surface area contributed by atoms with Crippen molar-refractivity contribution in [1.82, 2.24) is 9.55 Å². The molecule has 0 spiro atoms. The van der Waals surface area contributed by atoms with Crippen molar-refractivity contribution in [3.8, 4) is 0 Å². The van der Waals surface area contributed by atoms with E-state index >= 15 is 0 Å². The van der Waals surface area contributed by atoms with Crippen LogP contribution in [0.1, 0.15) is 25.6 Å². The van der Waals surface area contributed by atoms with Crippen LogP contribution in [0.3, 0.4) is 0 Å². The first-order valence-corrected chi connectivity index (χ1v) is 8.33. The molecular weight excluding hydrogens is 250 g/mol. The van der Waals surface area contributed by atoms with Gasteiger partial charge in [-0.2, -0.15) is 23.5 Å². The minimum atomic E-state index is 0.0961. The molecule has 2 unspecified atom stereocenters. The van der Waals surface area contributed by atoms with E-state index in [9.17, 15) is 0 Å². The molecule has 17 heavy (non-hydrogen) atoms. The van der Waals surface area contributed by atoms with E-state index in [-0.39, 0.29) is 6.04 Å². The molecule has 0 saturated carbocycles. The van der Waals surface area contributed by atoms with Crippen molar-refractivity contribution in [1.29, 1.82) is 0 Å². The lowest BCUT2D eigenvalue weighted by atomic mass is 10.0. The van der Waals surface area contributed by atoms with Crippen LogP contribution < -0.4 is 5.73 Å². The fraction of sp³-hybridized carbons (Fsp3) is 0.750. The van der Waals surface area contributed by atoms with E-state index in [1.165, 1.54) is 23.0 Å². The van der Waals surface area contributed by atoms with Gasteiger partial charge in [0.05, 0.1) is 12.0 Å². The summed E-state index contributed by atoms with van der Waals surface area (Å²) in [4.78, 5) is 4.26. The minimum absolute atomic E-state index is 0.0961. The molecule has 0 amide bonds. The number of nitrogens with zero attached hydrogens (tertiary/aromatic N) is 2. The van der Waals surface area contributed by atoms with E-state index in [1.807, 2.05) is 12.5 Å². The first kappa shape index (κ1) is 13.3. The summed E-state index contributed by atoms with van der Waals surface area (Å²) in [5.74, 6) is 4.27. The van der Waals surface area contributed by atoms with Crippen LogP contribution in [-0.2, 0) is 6.54 Å². The van der Waals surface area contributed by atoms with Crippen LogP contribution in [0.5, 0.6) is 0 Å². The number of hydrogen-bond donors (Lipinski definition) is 1. The molecule has 0 aliphatic carbocycles. The van der Waals surface area contributed by atoms with Gasteiger partial charge in [-0.05, 0) is 5.92 Å². The third kappa shape index (κ3) is 3.42. The second kappa shape index (κ2) is 6.16. The molecule has 1 aromatic rings. The Morgan fingerprint density at radius 1 is 1.53 bits per heavy atom. The molecule has 2 heterocycles. The highest BCUT2D eigenvalue weighted by Crippen LogP contribution is 2.27. The molecule has 1 saturated heterocycles. The Morgan fingerprint density at radius 3 is 3.00 bits per heavy atom. The summed E-state index contributed by atoms with van der Waals surface area (Å²) < 4.78 is 2.24. The Labute approximate surface area is 112 Å². The zero-order chi connectivity index (χ0) is 12.3. The van der Waals surface area contributed by atoms with Crippen LogP contribution >= 0.6 is 23.5 Å². The first-order valence-electron chi connectivity index (χ1n) is 6.13. The Kier molecular flexibility index (Phi) is 4.82. The number of hydrogen-bond acceptors (Lipinski definition) is 4. The van der Waals surface area contributed by atoms with Crippen LogP contribution in [0.25, 0.3) is 0 Å². The summed E-state index contributed by atoms with van der Waals surface area (Å²) in [6.45, 7) is 5.37. The smallest absolute Gasteiger partial charge is 0.0949 e. The van der Waals surface area contributed by atoms with E-state index in [2.05, 4.69) is 46.9 Å². The van der Waals surface area contributed by atoms with Crippen molar-refractivity contribution in [3.63, 3.8) is 0 Å². The standard InChI is InChI=1S/C12H21N3S2/c1-9(2)12(13)11-5-14-8-15(11)6-10-7-16-3-4-17-10/h5,8-10,12H,3-4,6-7,13H2,1-2H3. The van der Waals surface area contributed by atoms with Crippen LogP contribution in [0.15, 0.2) is 12.5 Å². The average molecular weight is 271 g/mol. The Bertz CT molecular complexity index is 345. The van der Waals surface area contributed by atoms with E-state index in [1.54, 1.807) is 0 Å². The van der Waals surface area contributed by atoms with Crippen LogP contribution in [0, 0.1) is 5.92 Å². The first-order chi connectivity index (χ1) is 8.18. The predicted octanol–water partition coefficient (Wildman–Crippen LogP) is 2.39. The summed E-state index contributed by atoms with van der Waals surface area (Å²) in [5, 5.41) is 0.709. The highest BCUT2D eigenvalue weighted by molar-refractivity contribution is 8.06. The number of imidazole rings is 1. The largest absolute Gasteiger partial charge is 0.332 e. The molecule has 1 fully saturated rings. The molecule has 3 nitrogen and oxygen atoms in total. The molecule has 2 rings (SSSR count). The molecular formula is C12H21N3S2. The van der Waals surface area contributed by atoms with E-state index in [0.29, 0.717) is 11.2 Å². The van der Waals surface area contributed by atoms with Gasteiger partial charge in [0.15, 0.2) is 0 Å². The van der Waals surface area contributed by atoms with Gasteiger partial charge in [-0.25, -0.2) is 4.98 Å². The molecule has 0 aromatic carbocycles. The van der Waals surface area contributed by atoms with Crippen molar-refractivity contribution in [2.75, 3.05) is 17.3 Å². The van der Waals surface area contributed by atoms with E-state index in [0.717, 1.165) is 6.54 Å². The van der Waals surface area contributed by atoms with Gasteiger partial charge < -0.3 is 10.3 Å². The minimum Gasteiger partial charge on any atom is -0.332 e. The van der Waals surface area contributed by atoms with Gasteiger partial charge in [0.25, 0.3) is 0 Å². The topological polar surface area (TPSA) is 43.8 Å².